The lowest BCUT2D eigenvalue weighted by Gasteiger charge is -2.63. The summed E-state index contributed by atoms with van der Waals surface area (Å²) in [6.07, 6.45) is 6.63. The van der Waals surface area contributed by atoms with Crippen LogP contribution in [0.25, 0.3) is 0 Å². The first-order valence-electron chi connectivity index (χ1n) is 10.8. The number of rotatable bonds is 3. The number of hydrogen-bond acceptors (Lipinski definition) is 5. The van der Waals surface area contributed by atoms with Crippen LogP contribution < -0.4 is 0 Å². The van der Waals surface area contributed by atoms with E-state index in [9.17, 15) is 24.9 Å². The molecule has 0 saturated heterocycles. The number of hydrogen-bond donors (Lipinski definition) is 3. The molecule has 0 bridgehead atoms. The zero-order valence-electron chi connectivity index (χ0n) is 16.6. The molecule has 27 heavy (non-hydrogen) atoms. The standard InChI is InChI=1S/C22H34O5/c1-3-20-8-6-15(24)10-14(20)4-5-16-17-7-9-21(26,18(25)12-23)22(17,27)11-13(2)19(16)20/h13-14,16-17,19,23,26-27H,3-12H2,1-2H3/t13-,14?,16?,17?,19?,20-,21?,22?/m0/s1. The first kappa shape index (κ1) is 19.5. The summed E-state index contributed by atoms with van der Waals surface area (Å²) in [5.41, 5.74) is -3.09. The Morgan fingerprint density at radius 1 is 1.19 bits per heavy atom. The van der Waals surface area contributed by atoms with Gasteiger partial charge in [0.2, 0.25) is 0 Å². The molecular formula is C22H34O5. The Morgan fingerprint density at radius 3 is 2.59 bits per heavy atom. The van der Waals surface area contributed by atoms with Crippen molar-refractivity contribution < 1.29 is 24.9 Å². The van der Waals surface area contributed by atoms with Crippen LogP contribution >= 0.6 is 0 Å². The molecular weight excluding hydrogens is 344 g/mol. The summed E-state index contributed by atoms with van der Waals surface area (Å²) in [4.78, 5) is 24.5. The van der Waals surface area contributed by atoms with E-state index >= 15 is 0 Å². The van der Waals surface area contributed by atoms with E-state index in [-0.39, 0.29) is 29.6 Å². The van der Waals surface area contributed by atoms with Gasteiger partial charge >= 0.3 is 0 Å². The molecule has 8 atom stereocenters. The molecule has 0 aromatic rings. The van der Waals surface area contributed by atoms with Crippen LogP contribution in [0.1, 0.15) is 71.6 Å². The topological polar surface area (TPSA) is 94.8 Å². The van der Waals surface area contributed by atoms with Crippen molar-refractivity contribution in [2.24, 2.45) is 35.0 Å². The maximum absolute atomic E-state index is 12.3. The molecule has 4 saturated carbocycles. The van der Waals surface area contributed by atoms with E-state index in [2.05, 4.69) is 13.8 Å². The molecule has 4 fully saturated rings. The van der Waals surface area contributed by atoms with Crippen molar-refractivity contribution in [2.45, 2.75) is 82.8 Å². The summed E-state index contributed by atoms with van der Waals surface area (Å²) >= 11 is 0. The molecule has 5 nitrogen and oxygen atoms in total. The Labute approximate surface area is 161 Å². The predicted molar refractivity (Wildman–Crippen MR) is 99.8 cm³/mol. The van der Waals surface area contributed by atoms with Crippen LogP contribution in [-0.2, 0) is 9.59 Å². The number of aliphatic hydroxyl groups excluding tert-OH is 1. The molecule has 0 aliphatic heterocycles. The minimum atomic E-state index is -1.82. The number of carbonyl (C=O) groups excluding carboxylic acids is 2. The smallest absolute Gasteiger partial charge is 0.192 e. The molecule has 0 spiro atoms. The highest BCUT2D eigenvalue weighted by molar-refractivity contribution is 5.90. The van der Waals surface area contributed by atoms with E-state index in [1.165, 1.54) is 0 Å². The Kier molecular flexibility index (Phi) is 4.60. The van der Waals surface area contributed by atoms with Crippen LogP contribution in [0.15, 0.2) is 0 Å². The van der Waals surface area contributed by atoms with Crippen molar-refractivity contribution in [2.75, 3.05) is 6.61 Å². The van der Waals surface area contributed by atoms with Crippen molar-refractivity contribution in [3.05, 3.63) is 0 Å². The fourth-order valence-corrected chi connectivity index (χ4v) is 8.27. The highest BCUT2D eigenvalue weighted by Gasteiger charge is 2.70. The highest BCUT2D eigenvalue weighted by Crippen LogP contribution is 2.67. The minimum Gasteiger partial charge on any atom is -0.388 e. The average molecular weight is 379 g/mol. The lowest BCUT2D eigenvalue weighted by molar-refractivity contribution is -0.222. The van der Waals surface area contributed by atoms with Gasteiger partial charge in [-0.15, -0.1) is 0 Å². The number of ketones is 2. The van der Waals surface area contributed by atoms with Gasteiger partial charge in [0.1, 0.15) is 18.0 Å². The Hall–Kier alpha value is -0.780. The maximum Gasteiger partial charge on any atom is 0.192 e. The van der Waals surface area contributed by atoms with Crippen LogP contribution in [0, 0.1) is 35.0 Å². The third kappa shape index (κ3) is 2.40. The second-order valence-corrected chi connectivity index (χ2v) is 9.99. The van der Waals surface area contributed by atoms with Gasteiger partial charge in [0.15, 0.2) is 11.4 Å². The zero-order chi connectivity index (χ0) is 19.6. The third-order valence-electron chi connectivity index (χ3n) is 9.30. The van der Waals surface area contributed by atoms with Crippen molar-refractivity contribution in [1.29, 1.82) is 0 Å². The molecule has 6 unspecified atom stereocenters. The van der Waals surface area contributed by atoms with Gasteiger partial charge in [-0.25, -0.2) is 0 Å². The SMILES string of the molecule is CC[C@]12CCC(=O)CC1CCC1C3CCC(O)(C(=O)CO)C3(O)C[C@H](C)C12. The van der Waals surface area contributed by atoms with Crippen LogP contribution in [-0.4, -0.2) is 44.7 Å². The Morgan fingerprint density at radius 2 is 1.93 bits per heavy atom. The summed E-state index contributed by atoms with van der Waals surface area (Å²) < 4.78 is 0. The van der Waals surface area contributed by atoms with Crippen molar-refractivity contribution in [3.8, 4) is 0 Å². The normalized spacial score (nSPS) is 52.0. The summed E-state index contributed by atoms with van der Waals surface area (Å²) in [6, 6.07) is 0. The van der Waals surface area contributed by atoms with Gasteiger partial charge in [0.25, 0.3) is 0 Å². The summed E-state index contributed by atoms with van der Waals surface area (Å²) in [7, 11) is 0. The number of aliphatic hydroxyl groups is 3. The highest BCUT2D eigenvalue weighted by atomic mass is 16.4. The van der Waals surface area contributed by atoms with E-state index in [1.807, 2.05) is 0 Å². The van der Waals surface area contributed by atoms with Gasteiger partial charge in [0, 0.05) is 12.8 Å². The minimum absolute atomic E-state index is 0.0961. The van der Waals surface area contributed by atoms with Gasteiger partial charge in [-0.1, -0.05) is 13.8 Å². The second kappa shape index (κ2) is 6.36. The molecule has 0 heterocycles. The van der Waals surface area contributed by atoms with Crippen LogP contribution in [0.3, 0.4) is 0 Å². The number of carbonyl (C=O) groups is 2. The molecule has 3 N–H and O–H groups in total. The molecule has 4 aliphatic rings. The van der Waals surface area contributed by atoms with Gasteiger partial charge in [-0.05, 0) is 80.0 Å². The summed E-state index contributed by atoms with van der Waals surface area (Å²) in [5, 5.41) is 32.1. The van der Waals surface area contributed by atoms with Crippen molar-refractivity contribution in [3.63, 3.8) is 0 Å². The molecule has 5 heteroatoms. The lowest BCUT2D eigenvalue weighted by Crippen LogP contribution is -2.66. The molecule has 0 radical (unpaired) electrons. The number of Topliss-reactive ketones (excluding diaryl/α,β-unsaturated/α-hetero) is 2. The Balaban J connectivity index is 1.72. The molecule has 152 valence electrons. The fourth-order valence-electron chi connectivity index (χ4n) is 8.27. The van der Waals surface area contributed by atoms with Gasteiger partial charge in [-0.3, -0.25) is 9.59 Å². The van der Waals surface area contributed by atoms with E-state index in [0.29, 0.717) is 43.3 Å². The average Bonchev–Trinajstić information content (AvgIpc) is 2.92. The first-order valence-corrected chi connectivity index (χ1v) is 10.8. The van der Waals surface area contributed by atoms with E-state index in [4.69, 9.17) is 0 Å². The van der Waals surface area contributed by atoms with E-state index in [1.54, 1.807) is 0 Å². The van der Waals surface area contributed by atoms with Crippen LogP contribution in [0.5, 0.6) is 0 Å². The number of fused-ring (bicyclic) bond motifs is 5. The fraction of sp³-hybridized carbons (Fsp3) is 0.909. The van der Waals surface area contributed by atoms with Crippen LogP contribution in [0.2, 0.25) is 0 Å². The van der Waals surface area contributed by atoms with Gasteiger partial charge < -0.3 is 15.3 Å². The van der Waals surface area contributed by atoms with E-state index in [0.717, 1.165) is 25.7 Å². The van der Waals surface area contributed by atoms with Crippen molar-refractivity contribution >= 4 is 11.6 Å². The molecule has 4 rings (SSSR count). The largest absolute Gasteiger partial charge is 0.388 e. The predicted octanol–water partition coefficient (Wildman–Crippen LogP) is 2.25. The summed E-state index contributed by atoms with van der Waals surface area (Å²) in [5.74, 6) is 1.00. The molecule has 4 aliphatic carbocycles. The third-order valence-corrected chi connectivity index (χ3v) is 9.30. The molecule has 0 aromatic heterocycles. The quantitative estimate of drug-likeness (QED) is 0.700. The zero-order valence-corrected chi connectivity index (χ0v) is 16.6. The van der Waals surface area contributed by atoms with Crippen LogP contribution in [0.4, 0.5) is 0 Å². The van der Waals surface area contributed by atoms with Gasteiger partial charge in [-0.2, -0.15) is 0 Å². The second-order valence-electron chi connectivity index (χ2n) is 9.99. The van der Waals surface area contributed by atoms with E-state index < -0.39 is 23.6 Å². The molecule has 0 aromatic carbocycles. The Bertz CT molecular complexity index is 647. The monoisotopic (exact) mass is 378 g/mol. The maximum atomic E-state index is 12.3. The lowest BCUT2D eigenvalue weighted by atomic mass is 9.42. The van der Waals surface area contributed by atoms with Gasteiger partial charge in [0.05, 0.1) is 0 Å². The van der Waals surface area contributed by atoms with Crippen molar-refractivity contribution in [1.82, 2.24) is 0 Å². The summed E-state index contributed by atoms with van der Waals surface area (Å²) in [6.45, 7) is 3.68. The first-order chi connectivity index (χ1) is 12.7. The molecule has 0 amide bonds.